The monoisotopic (exact) mass is 234 g/mol. The van der Waals surface area contributed by atoms with Gasteiger partial charge in [-0.05, 0) is 11.6 Å². The highest BCUT2D eigenvalue weighted by atomic mass is 16.4. The number of nitrogens with two attached hydrogens (primary N) is 1. The van der Waals surface area contributed by atoms with Crippen LogP contribution in [0.2, 0.25) is 0 Å². The molecule has 2 aromatic heterocycles. The number of hydrogen-bond donors (Lipinski definition) is 2. The topological polar surface area (TPSA) is 93.5 Å². The van der Waals surface area contributed by atoms with Crippen molar-refractivity contribution in [2.75, 3.05) is 0 Å². The second-order valence-corrected chi connectivity index (χ2v) is 4.22. The van der Waals surface area contributed by atoms with Gasteiger partial charge in [-0.3, -0.25) is 9.20 Å². The zero-order valence-electron chi connectivity index (χ0n) is 9.66. The average molecular weight is 234 g/mol. The van der Waals surface area contributed by atoms with E-state index in [1.807, 2.05) is 13.8 Å². The van der Waals surface area contributed by atoms with E-state index in [0.717, 1.165) is 5.82 Å². The van der Waals surface area contributed by atoms with Crippen molar-refractivity contribution in [2.45, 2.75) is 25.8 Å². The lowest BCUT2D eigenvalue weighted by molar-refractivity contribution is -0.138. The molecule has 2 aromatic rings. The van der Waals surface area contributed by atoms with Gasteiger partial charge in [-0.15, -0.1) is 10.2 Å². The van der Waals surface area contributed by atoms with Crippen LogP contribution in [0.4, 0.5) is 0 Å². The molecule has 17 heavy (non-hydrogen) atoms. The first-order chi connectivity index (χ1) is 8.00. The SMILES string of the molecule is CC(C)c1nnc2ccc(C(N)C(=O)O)cn12. The first-order valence-corrected chi connectivity index (χ1v) is 5.33. The Morgan fingerprint density at radius 2 is 2.12 bits per heavy atom. The fourth-order valence-corrected chi connectivity index (χ4v) is 1.65. The van der Waals surface area contributed by atoms with E-state index in [1.54, 1.807) is 22.7 Å². The largest absolute Gasteiger partial charge is 0.480 e. The molecule has 0 bridgehead atoms. The fraction of sp³-hybridized carbons (Fsp3) is 0.364. The van der Waals surface area contributed by atoms with Gasteiger partial charge in [-0.1, -0.05) is 19.9 Å². The molecule has 0 fully saturated rings. The predicted octanol–water partition coefficient (Wildman–Crippen LogP) is 0.937. The molecule has 0 radical (unpaired) electrons. The zero-order chi connectivity index (χ0) is 12.6. The van der Waals surface area contributed by atoms with E-state index < -0.39 is 12.0 Å². The lowest BCUT2D eigenvalue weighted by atomic mass is 10.1. The van der Waals surface area contributed by atoms with Crippen LogP contribution in [-0.4, -0.2) is 25.7 Å². The Morgan fingerprint density at radius 1 is 1.41 bits per heavy atom. The molecule has 0 aromatic carbocycles. The summed E-state index contributed by atoms with van der Waals surface area (Å²) >= 11 is 0. The molecular formula is C11H14N4O2. The van der Waals surface area contributed by atoms with Gasteiger partial charge in [0.1, 0.15) is 11.9 Å². The molecular weight excluding hydrogens is 220 g/mol. The van der Waals surface area contributed by atoms with E-state index >= 15 is 0 Å². The van der Waals surface area contributed by atoms with E-state index in [4.69, 9.17) is 10.8 Å². The molecule has 0 saturated carbocycles. The second kappa shape index (κ2) is 4.14. The lowest BCUT2D eigenvalue weighted by Crippen LogP contribution is -2.21. The van der Waals surface area contributed by atoms with Gasteiger partial charge in [0.15, 0.2) is 5.65 Å². The molecule has 0 saturated heterocycles. The molecule has 0 aliphatic carbocycles. The van der Waals surface area contributed by atoms with Crippen LogP contribution >= 0.6 is 0 Å². The molecule has 0 amide bonds. The van der Waals surface area contributed by atoms with Crippen LogP contribution in [0, 0.1) is 0 Å². The molecule has 0 spiro atoms. The van der Waals surface area contributed by atoms with Crippen LogP contribution in [0.3, 0.4) is 0 Å². The summed E-state index contributed by atoms with van der Waals surface area (Å²) in [4.78, 5) is 10.8. The normalized spacial score (nSPS) is 13.2. The minimum atomic E-state index is -1.05. The molecule has 2 rings (SSSR count). The zero-order valence-corrected chi connectivity index (χ0v) is 9.66. The number of pyridine rings is 1. The molecule has 0 aliphatic rings. The number of aliphatic carboxylic acids is 1. The third-order valence-electron chi connectivity index (χ3n) is 2.59. The number of hydrogen-bond acceptors (Lipinski definition) is 4. The molecule has 6 nitrogen and oxygen atoms in total. The van der Waals surface area contributed by atoms with E-state index in [2.05, 4.69) is 10.2 Å². The van der Waals surface area contributed by atoms with Crippen LogP contribution in [0.15, 0.2) is 18.3 Å². The van der Waals surface area contributed by atoms with Crippen LogP contribution in [0.5, 0.6) is 0 Å². The van der Waals surface area contributed by atoms with E-state index in [1.165, 1.54) is 0 Å². The highest BCUT2D eigenvalue weighted by Gasteiger charge is 2.16. The van der Waals surface area contributed by atoms with Gasteiger partial charge in [0.25, 0.3) is 0 Å². The number of carboxylic acids is 1. The van der Waals surface area contributed by atoms with Gasteiger partial charge < -0.3 is 10.8 Å². The Hall–Kier alpha value is -1.95. The number of nitrogens with zero attached hydrogens (tertiary/aromatic N) is 3. The summed E-state index contributed by atoms with van der Waals surface area (Å²) in [6.45, 7) is 4.00. The highest BCUT2D eigenvalue weighted by molar-refractivity contribution is 5.75. The van der Waals surface area contributed by atoms with Crippen molar-refractivity contribution in [1.82, 2.24) is 14.6 Å². The molecule has 1 unspecified atom stereocenters. The summed E-state index contributed by atoms with van der Waals surface area (Å²) in [6, 6.07) is 2.35. The smallest absolute Gasteiger partial charge is 0.325 e. The molecule has 2 heterocycles. The standard InChI is InChI=1S/C11H14N4O2/c1-6(2)10-14-13-8-4-3-7(5-15(8)10)9(12)11(16)17/h3-6,9H,12H2,1-2H3,(H,16,17). The minimum absolute atomic E-state index is 0.210. The van der Waals surface area contributed by atoms with Crippen molar-refractivity contribution in [1.29, 1.82) is 0 Å². The van der Waals surface area contributed by atoms with Gasteiger partial charge in [0.2, 0.25) is 0 Å². The third kappa shape index (κ3) is 1.99. The minimum Gasteiger partial charge on any atom is -0.480 e. The van der Waals surface area contributed by atoms with Crippen molar-refractivity contribution < 1.29 is 9.90 Å². The highest BCUT2D eigenvalue weighted by Crippen LogP contribution is 2.17. The first kappa shape index (κ1) is 11.5. The van der Waals surface area contributed by atoms with Gasteiger partial charge in [0, 0.05) is 12.1 Å². The first-order valence-electron chi connectivity index (χ1n) is 5.33. The lowest BCUT2D eigenvalue weighted by Gasteiger charge is -2.08. The average Bonchev–Trinajstić information content (AvgIpc) is 2.70. The third-order valence-corrected chi connectivity index (χ3v) is 2.59. The fourth-order valence-electron chi connectivity index (χ4n) is 1.65. The van der Waals surface area contributed by atoms with Crippen molar-refractivity contribution in [3.05, 3.63) is 29.7 Å². The maximum atomic E-state index is 10.8. The van der Waals surface area contributed by atoms with Crippen molar-refractivity contribution in [3.63, 3.8) is 0 Å². The predicted molar refractivity (Wildman–Crippen MR) is 61.6 cm³/mol. The summed E-state index contributed by atoms with van der Waals surface area (Å²) in [5.41, 5.74) is 6.79. The van der Waals surface area contributed by atoms with Crippen molar-refractivity contribution in [3.8, 4) is 0 Å². The molecule has 90 valence electrons. The van der Waals surface area contributed by atoms with Gasteiger partial charge in [-0.2, -0.15) is 0 Å². The van der Waals surface area contributed by atoms with E-state index in [0.29, 0.717) is 11.2 Å². The Bertz CT molecular complexity index is 562. The maximum absolute atomic E-state index is 10.8. The molecule has 1 atom stereocenters. The van der Waals surface area contributed by atoms with Crippen molar-refractivity contribution in [2.24, 2.45) is 5.73 Å². The van der Waals surface area contributed by atoms with Crippen LogP contribution in [0.25, 0.3) is 5.65 Å². The summed E-state index contributed by atoms with van der Waals surface area (Å²) in [7, 11) is 0. The van der Waals surface area contributed by atoms with Crippen molar-refractivity contribution >= 4 is 11.6 Å². The summed E-state index contributed by atoms with van der Waals surface area (Å²) < 4.78 is 1.78. The number of carbonyl (C=O) groups is 1. The maximum Gasteiger partial charge on any atom is 0.325 e. The summed E-state index contributed by atoms with van der Waals surface area (Å²) in [5.74, 6) is -0.0516. The number of carboxylic acid groups (broad SMARTS) is 1. The molecule has 3 N–H and O–H groups in total. The quantitative estimate of drug-likeness (QED) is 0.824. The van der Waals surface area contributed by atoms with Gasteiger partial charge in [-0.25, -0.2) is 0 Å². The molecule has 0 aliphatic heterocycles. The van der Waals surface area contributed by atoms with Crippen LogP contribution < -0.4 is 5.73 Å². The Morgan fingerprint density at radius 3 is 2.71 bits per heavy atom. The number of aromatic nitrogens is 3. The summed E-state index contributed by atoms with van der Waals surface area (Å²) in [5, 5.41) is 16.9. The van der Waals surface area contributed by atoms with Crippen LogP contribution in [0.1, 0.15) is 37.2 Å². The molecule has 6 heteroatoms. The Kier molecular flexibility index (Phi) is 2.81. The van der Waals surface area contributed by atoms with Gasteiger partial charge >= 0.3 is 5.97 Å². The Balaban J connectivity index is 2.55. The second-order valence-electron chi connectivity index (χ2n) is 4.22. The van der Waals surface area contributed by atoms with Gasteiger partial charge in [0.05, 0.1) is 0 Å². The van der Waals surface area contributed by atoms with E-state index in [-0.39, 0.29) is 5.92 Å². The number of fused-ring (bicyclic) bond motifs is 1. The summed E-state index contributed by atoms with van der Waals surface area (Å²) in [6.07, 6.45) is 1.68. The number of rotatable bonds is 3. The van der Waals surface area contributed by atoms with Crippen LogP contribution in [-0.2, 0) is 4.79 Å². The Labute approximate surface area is 98.1 Å². The van der Waals surface area contributed by atoms with E-state index in [9.17, 15) is 4.79 Å².